The molecular weight excluding hydrogens is 280 g/mol. The topological polar surface area (TPSA) is 74.6 Å². The fourth-order valence-electron chi connectivity index (χ4n) is 2.65. The largest absolute Gasteiger partial charge is 0.481 e. The van der Waals surface area contributed by atoms with E-state index in [9.17, 15) is 14.7 Å². The third kappa shape index (κ3) is 4.19. The van der Waals surface area contributed by atoms with Gasteiger partial charge < -0.3 is 10.2 Å². The number of carboxylic acid groups (broad SMARTS) is 2. The molecule has 0 unspecified atom stereocenters. The quantitative estimate of drug-likeness (QED) is 0.823. The molecule has 2 aromatic rings. The van der Waals surface area contributed by atoms with Gasteiger partial charge in [0.2, 0.25) is 0 Å². The molecule has 0 aliphatic heterocycles. The van der Waals surface area contributed by atoms with E-state index in [0.717, 1.165) is 11.1 Å². The first kappa shape index (κ1) is 15.8. The van der Waals surface area contributed by atoms with Crippen molar-refractivity contribution < 1.29 is 19.8 Å². The Bertz CT molecular complexity index is 622. The van der Waals surface area contributed by atoms with Crippen molar-refractivity contribution in [2.45, 2.75) is 18.8 Å². The molecular formula is C18H18O4. The van der Waals surface area contributed by atoms with Gasteiger partial charge in [-0.3, -0.25) is 9.59 Å². The predicted molar refractivity (Wildman–Crippen MR) is 82.7 cm³/mol. The Morgan fingerprint density at radius 1 is 0.864 bits per heavy atom. The van der Waals surface area contributed by atoms with E-state index in [1.165, 1.54) is 0 Å². The van der Waals surface area contributed by atoms with Gasteiger partial charge in [0.1, 0.15) is 0 Å². The van der Waals surface area contributed by atoms with Crippen molar-refractivity contribution in [3.63, 3.8) is 0 Å². The minimum atomic E-state index is -1.10. The molecule has 0 aromatic heterocycles. The summed E-state index contributed by atoms with van der Waals surface area (Å²) in [6, 6.07) is 18.8. The molecule has 4 nitrogen and oxygen atoms in total. The van der Waals surface area contributed by atoms with Crippen molar-refractivity contribution in [3.05, 3.63) is 71.8 Å². The summed E-state index contributed by atoms with van der Waals surface area (Å²) in [6.07, 6.45) is 0.108. The standard InChI is InChI=1S/C18H18O4/c19-17(20)12-16(18(21)22)15(14-9-5-2-6-10-14)11-13-7-3-1-4-8-13/h1-10,15-16H,11-12H2,(H,19,20)(H,21,22)/t15-,16-/m0/s1. The summed E-state index contributed by atoms with van der Waals surface area (Å²) in [6.45, 7) is 0. The summed E-state index contributed by atoms with van der Waals surface area (Å²) in [5, 5.41) is 18.5. The van der Waals surface area contributed by atoms with Crippen LogP contribution in [0.1, 0.15) is 23.5 Å². The summed E-state index contributed by atoms with van der Waals surface area (Å²) in [5.74, 6) is -3.51. The van der Waals surface area contributed by atoms with Crippen molar-refractivity contribution >= 4 is 11.9 Å². The Morgan fingerprint density at radius 3 is 1.91 bits per heavy atom. The molecule has 0 heterocycles. The molecule has 0 fully saturated rings. The van der Waals surface area contributed by atoms with Crippen molar-refractivity contribution in [1.29, 1.82) is 0 Å². The van der Waals surface area contributed by atoms with Gasteiger partial charge in [0.15, 0.2) is 0 Å². The molecule has 4 heteroatoms. The van der Waals surface area contributed by atoms with Gasteiger partial charge in [0.25, 0.3) is 0 Å². The number of carbonyl (C=O) groups is 2. The monoisotopic (exact) mass is 298 g/mol. The zero-order valence-electron chi connectivity index (χ0n) is 12.1. The smallest absolute Gasteiger partial charge is 0.307 e. The zero-order chi connectivity index (χ0) is 15.9. The summed E-state index contributed by atoms with van der Waals surface area (Å²) >= 11 is 0. The number of hydrogen-bond donors (Lipinski definition) is 2. The lowest BCUT2D eigenvalue weighted by Gasteiger charge is -2.23. The number of benzene rings is 2. The van der Waals surface area contributed by atoms with E-state index in [4.69, 9.17) is 5.11 Å². The highest BCUT2D eigenvalue weighted by Gasteiger charge is 2.31. The van der Waals surface area contributed by atoms with Gasteiger partial charge in [-0.25, -0.2) is 0 Å². The molecule has 0 aliphatic rings. The first-order valence-corrected chi connectivity index (χ1v) is 7.11. The van der Waals surface area contributed by atoms with Gasteiger partial charge in [-0.2, -0.15) is 0 Å². The second-order valence-electron chi connectivity index (χ2n) is 5.25. The van der Waals surface area contributed by atoms with E-state index >= 15 is 0 Å². The minimum Gasteiger partial charge on any atom is -0.481 e. The van der Waals surface area contributed by atoms with Crippen LogP contribution < -0.4 is 0 Å². The van der Waals surface area contributed by atoms with E-state index in [-0.39, 0.29) is 12.3 Å². The SMILES string of the molecule is O=C(O)C[C@H](C(=O)O)[C@@H](Cc1ccccc1)c1ccccc1. The molecule has 0 radical (unpaired) electrons. The number of rotatable bonds is 7. The molecule has 114 valence electrons. The molecule has 0 amide bonds. The van der Waals surface area contributed by atoms with Crippen LogP contribution in [0, 0.1) is 5.92 Å². The highest BCUT2D eigenvalue weighted by molar-refractivity contribution is 5.78. The third-order valence-electron chi connectivity index (χ3n) is 3.72. The lowest BCUT2D eigenvalue weighted by atomic mass is 9.80. The highest BCUT2D eigenvalue weighted by Crippen LogP contribution is 2.31. The van der Waals surface area contributed by atoms with Gasteiger partial charge in [-0.1, -0.05) is 60.7 Å². The molecule has 0 saturated heterocycles. The van der Waals surface area contributed by atoms with E-state index < -0.39 is 17.9 Å². The fraction of sp³-hybridized carbons (Fsp3) is 0.222. The first-order chi connectivity index (χ1) is 10.6. The minimum absolute atomic E-state index is 0.378. The Hall–Kier alpha value is -2.62. The van der Waals surface area contributed by atoms with Crippen LogP contribution in [-0.2, 0) is 16.0 Å². The van der Waals surface area contributed by atoms with Crippen LogP contribution in [0.4, 0.5) is 0 Å². The van der Waals surface area contributed by atoms with Gasteiger partial charge in [-0.15, -0.1) is 0 Å². The Balaban J connectivity index is 2.35. The van der Waals surface area contributed by atoms with Crippen LogP contribution in [0.2, 0.25) is 0 Å². The van der Waals surface area contributed by atoms with Gasteiger partial charge >= 0.3 is 11.9 Å². The van der Waals surface area contributed by atoms with E-state index in [0.29, 0.717) is 6.42 Å². The molecule has 0 spiro atoms. The first-order valence-electron chi connectivity index (χ1n) is 7.11. The lowest BCUT2D eigenvalue weighted by Crippen LogP contribution is -2.26. The van der Waals surface area contributed by atoms with Crippen LogP contribution in [0.3, 0.4) is 0 Å². The molecule has 2 atom stereocenters. The zero-order valence-corrected chi connectivity index (χ0v) is 12.1. The number of aliphatic carboxylic acids is 2. The van der Waals surface area contributed by atoms with Crippen molar-refractivity contribution in [1.82, 2.24) is 0 Å². The number of hydrogen-bond acceptors (Lipinski definition) is 2. The molecule has 0 aliphatic carbocycles. The predicted octanol–water partition coefficient (Wildman–Crippen LogP) is 3.19. The second kappa shape index (κ2) is 7.41. The number of carboxylic acids is 2. The van der Waals surface area contributed by atoms with Crippen LogP contribution in [0.15, 0.2) is 60.7 Å². The van der Waals surface area contributed by atoms with Crippen LogP contribution >= 0.6 is 0 Å². The molecule has 0 saturated carbocycles. The maximum Gasteiger partial charge on any atom is 0.307 e. The van der Waals surface area contributed by atoms with E-state index in [2.05, 4.69) is 0 Å². The third-order valence-corrected chi connectivity index (χ3v) is 3.72. The maximum atomic E-state index is 11.6. The molecule has 2 N–H and O–H groups in total. The fourth-order valence-corrected chi connectivity index (χ4v) is 2.65. The average Bonchev–Trinajstić information content (AvgIpc) is 2.52. The summed E-state index contributed by atoms with van der Waals surface area (Å²) in [7, 11) is 0. The summed E-state index contributed by atoms with van der Waals surface area (Å²) < 4.78 is 0. The molecule has 22 heavy (non-hydrogen) atoms. The normalized spacial score (nSPS) is 13.3. The average molecular weight is 298 g/mol. The van der Waals surface area contributed by atoms with Crippen LogP contribution in [0.25, 0.3) is 0 Å². The Kier molecular flexibility index (Phi) is 5.31. The van der Waals surface area contributed by atoms with Crippen LogP contribution in [-0.4, -0.2) is 22.2 Å². The summed E-state index contributed by atoms with van der Waals surface area (Å²) in [5.41, 5.74) is 1.84. The highest BCUT2D eigenvalue weighted by atomic mass is 16.4. The Labute approximate surface area is 129 Å². The molecule has 2 rings (SSSR count). The maximum absolute atomic E-state index is 11.6. The van der Waals surface area contributed by atoms with E-state index in [1.807, 2.05) is 60.7 Å². The van der Waals surface area contributed by atoms with Crippen LogP contribution in [0.5, 0.6) is 0 Å². The summed E-state index contributed by atoms with van der Waals surface area (Å²) in [4.78, 5) is 22.6. The van der Waals surface area contributed by atoms with Gasteiger partial charge in [0.05, 0.1) is 12.3 Å². The van der Waals surface area contributed by atoms with Crippen molar-refractivity contribution in [2.75, 3.05) is 0 Å². The van der Waals surface area contributed by atoms with E-state index in [1.54, 1.807) is 0 Å². The second-order valence-corrected chi connectivity index (χ2v) is 5.25. The lowest BCUT2D eigenvalue weighted by molar-refractivity contribution is -0.149. The van der Waals surface area contributed by atoms with Crippen molar-refractivity contribution in [3.8, 4) is 0 Å². The van der Waals surface area contributed by atoms with Gasteiger partial charge in [-0.05, 0) is 17.5 Å². The molecule has 2 aromatic carbocycles. The van der Waals surface area contributed by atoms with Crippen molar-refractivity contribution in [2.24, 2.45) is 5.92 Å². The Morgan fingerprint density at radius 2 is 1.41 bits per heavy atom. The van der Waals surface area contributed by atoms with Gasteiger partial charge in [0, 0.05) is 5.92 Å². The molecule has 0 bridgehead atoms.